The number of hydrogen-bond donors (Lipinski definition) is 1. The zero-order valence-electron chi connectivity index (χ0n) is 16.4. The average Bonchev–Trinajstić information content (AvgIpc) is 3.30. The van der Waals surface area contributed by atoms with E-state index in [9.17, 15) is 4.79 Å². The lowest BCUT2D eigenvalue weighted by Gasteiger charge is -2.31. The van der Waals surface area contributed by atoms with Gasteiger partial charge in [-0.1, -0.05) is 0 Å². The van der Waals surface area contributed by atoms with Crippen molar-refractivity contribution in [1.82, 2.24) is 10.2 Å². The Morgan fingerprint density at radius 3 is 2.54 bits per heavy atom. The first-order valence-electron chi connectivity index (χ1n) is 10.7. The van der Waals surface area contributed by atoms with Gasteiger partial charge in [-0.15, -0.1) is 11.3 Å². The van der Waals surface area contributed by atoms with Crippen LogP contribution in [0.5, 0.6) is 0 Å². The Balaban J connectivity index is 1.16. The number of nitrogens with zero attached hydrogens (tertiary/aromatic N) is 1. The van der Waals surface area contributed by atoms with Crippen molar-refractivity contribution in [3.05, 3.63) is 21.4 Å². The second kappa shape index (κ2) is 8.64. The van der Waals surface area contributed by atoms with Crippen LogP contribution in [0, 0.1) is 0 Å². The smallest absolute Gasteiger partial charge is 0.262 e. The molecule has 3 fully saturated rings. The van der Waals surface area contributed by atoms with Crippen LogP contribution in [0.4, 0.5) is 0 Å². The van der Waals surface area contributed by atoms with Gasteiger partial charge in [-0.2, -0.15) is 11.8 Å². The van der Waals surface area contributed by atoms with E-state index in [0.717, 1.165) is 30.8 Å². The van der Waals surface area contributed by atoms with Crippen molar-refractivity contribution in [3.8, 4) is 0 Å². The summed E-state index contributed by atoms with van der Waals surface area (Å²) in [6.45, 7) is 3.04. The summed E-state index contributed by atoms with van der Waals surface area (Å²) in [4.78, 5) is 16.3. The third kappa shape index (κ3) is 4.01. The summed E-state index contributed by atoms with van der Waals surface area (Å²) in [5.41, 5.74) is 2.66. The van der Waals surface area contributed by atoms with Gasteiger partial charge in [0.15, 0.2) is 0 Å². The summed E-state index contributed by atoms with van der Waals surface area (Å²) in [5.74, 6) is 2.61. The molecule has 1 aromatic rings. The normalized spacial score (nSPS) is 29.9. The molecule has 1 aliphatic carbocycles. The molecule has 0 unspecified atom stereocenters. The van der Waals surface area contributed by atoms with Gasteiger partial charge in [-0.25, -0.2) is 0 Å². The van der Waals surface area contributed by atoms with Crippen molar-refractivity contribution < 1.29 is 14.3 Å². The van der Waals surface area contributed by atoms with Crippen molar-refractivity contribution in [2.75, 3.05) is 37.8 Å². The van der Waals surface area contributed by atoms with Gasteiger partial charge in [-0.3, -0.25) is 9.69 Å². The highest BCUT2D eigenvalue weighted by Gasteiger charge is 2.40. The highest BCUT2D eigenvalue weighted by molar-refractivity contribution is 7.99. The number of thiophene rings is 1. The number of thioether (sulfide) groups is 1. The second-order valence-corrected chi connectivity index (χ2v) is 10.6. The molecule has 5 rings (SSSR count). The minimum atomic E-state index is -0.0565. The quantitative estimate of drug-likeness (QED) is 0.812. The maximum Gasteiger partial charge on any atom is 0.262 e. The van der Waals surface area contributed by atoms with Gasteiger partial charge in [0.1, 0.15) is 0 Å². The maximum absolute atomic E-state index is 12.8. The number of rotatable bonds is 3. The second-order valence-electron chi connectivity index (χ2n) is 8.49. The maximum atomic E-state index is 12.8. The number of aryl methyl sites for hydroxylation is 1. The van der Waals surface area contributed by atoms with E-state index in [0.29, 0.717) is 19.3 Å². The molecule has 0 bridgehead atoms. The Morgan fingerprint density at radius 1 is 1.07 bits per heavy atom. The van der Waals surface area contributed by atoms with Gasteiger partial charge in [-0.05, 0) is 66.5 Å². The molecule has 4 aliphatic rings. The first kappa shape index (κ1) is 19.4. The number of fused-ring (bicyclic) bond motifs is 2. The molecule has 1 N–H and O–H groups in total. The zero-order valence-corrected chi connectivity index (χ0v) is 18.0. The van der Waals surface area contributed by atoms with Gasteiger partial charge < -0.3 is 14.8 Å². The molecule has 28 heavy (non-hydrogen) atoms. The Hall–Kier alpha value is -0.600. The molecule has 7 heteroatoms. The summed E-state index contributed by atoms with van der Waals surface area (Å²) in [6.07, 6.45) is 7.46. The molecule has 1 amide bonds. The number of likely N-dealkylation sites (tertiary alicyclic amines) is 1. The fourth-order valence-electron chi connectivity index (χ4n) is 5.01. The molecule has 3 saturated heterocycles. The third-order valence-corrected chi connectivity index (χ3v) is 8.74. The van der Waals surface area contributed by atoms with Crippen molar-refractivity contribution >= 4 is 29.0 Å². The Bertz CT molecular complexity index is 688. The number of carbonyl (C=O) groups excluding carboxylic acids is 1. The van der Waals surface area contributed by atoms with Crippen LogP contribution in [0.1, 0.15) is 46.5 Å². The van der Waals surface area contributed by atoms with E-state index in [2.05, 4.69) is 27.4 Å². The lowest BCUT2D eigenvalue weighted by atomic mass is 9.94. The SMILES string of the molecule is O=C(NC1CO[C@H]2CN(C3CCSCC3)C[C@@H]2OC1)c1scc2c1CCCC2. The van der Waals surface area contributed by atoms with Crippen LogP contribution in [-0.4, -0.2) is 72.9 Å². The van der Waals surface area contributed by atoms with Crippen molar-refractivity contribution in [2.45, 2.75) is 62.8 Å². The minimum Gasteiger partial charge on any atom is -0.372 e. The number of hydrogen-bond acceptors (Lipinski definition) is 6. The predicted octanol–water partition coefficient (Wildman–Crippen LogP) is 2.72. The lowest BCUT2D eigenvalue weighted by Crippen LogP contribution is -2.42. The van der Waals surface area contributed by atoms with E-state index in [4.69, 9.17) is 9.47 Å². The topological polar surface area (TPSA) is 50.8 Å². The molecule has 154 valence electrons. The summed E-state index contributed by atoms with van der Waals surface area (Å²) in [5, 5.41) is 5.35. The van der Waals surface area contributed by atoms with Crippen LogP contribution in [0.25, 0.3) is 0 Å². The minimum absolute atomic E-state index is 0.0544. The van der Waals surface area contributed by atoms with E-state index in [1.165, 1.54) is 48.3 Å². The summed E-state index contributed by atoms with van der Waals surface area (Å²) >= 11 is 3.67. The molecule has 1 aromatic heterocycles. The van der Waals surface area contributed by atoms with E-state index in [-0.39, 0.29) is 24.2 Å². The monoisotopic (exact) mass is 422 g/mol. The molecule has 4 heterocycles. The Labute approximate surface area is 175 Å². The highest BCUT2D eigenvalue weighted by Crippen LogP contribution is 2.31. The van der Waals surface area contributed by atoms with Gasteiger partial charge >= 0.3 is 0 Å². The molecule has 2 atom stereocenters. The molecule has 0 aromatic carbocycles. The van der Waals surface area contributed by atoms with Crippen LogP contribution in [0.2, 0.25) is 0 Å². The standard InChI is InChI=1S/C21H30N2O3S2/c24-21(20-17-4-2-1-3-14(17)13-28-20)22-15-11-25-18-9-23(10-19(18)26-12-15)16-5-7-27-8-6-16/h13,15-16,18-19H,1-12H2,(H,22,24)/t18-,19-/m0/s1. The van der Waals surface area contributed by atoms with Gasteiger partial charge in [0, 0.05) is 19.1 Å². The van der Waals surface area contributed by atoms with E-state index >= 15 is 0 Å². The van der Waals surface area contributed by atoms with Crippen molar-refractivity contribution in [1.29, 1.82) is 0 Å². The van der Waals surface area contributed by atoms with Gasteiger partial charge in [0.25, 0.3) is 5.91 Å². The molecule has 3 aliphatic heterocycles. The molecular formula is C21H30N2O3S2. The summed E-state index contributed by atoms with van der Waals surface area (Å²) < 4.78 is 12.4. The van der Waals surface area contributed by atoms with Crippen LogP contribution >= 0.6 is 23.1 Å². The lowest BCUT2D eigenvalue weighted by molar-refractivity contribution is -0.00461. The molecule has 5 nitrogen and oxygen atoms in total. The van der Waals surface area contributed by atoms with Crippen LogP contribution < -0.4 is 5.32 Å². The van der Waals surface area contributed by atoms with Crippen molar-refractivity contribution in [2.24, 2.45) is 0 Å². The summed E-state index contributed by atoms with van der Waals surface area (Å²) in [6, 6.07) is 0.639. The van der Waals surface area contributed by atoms with Gasteiger partial charge in [0.2, 0.25) is 0 Å². The van der Waals surface area contributed by atoms with Crippen LogP contribution in [-0.2, 0) is 22.3 Å². The van der Waals surface area contributed by atoms with E-state index in [1.54, 1.807) is 11.3 Å². The first-order valence-corrected chi connectivity index (χ1v) is 12.8. The average molecular weight is 423 g/mol. The largest absolute Gasteiger partial charge is 0.372 e. The van der Waals surface area contributed by atoms with Crippen molar-refractivity contribution in [3.63, 3.8) is 0 Å². The fourth-order valence-corrected chi connectivity index (χ4v) is 7.16. The predicted molar refractivity (Wildman–Crippen MR) is 114 cm³/mol. The highest BCUT2D eigenvalue weighted by atomic mass is 32.2. The molecule has 0 saturated carbocycles. The molecule has 0 spiro atoms. The van der Waals surface area contributed by atoms with E-state index in [1.807, 2.05) is 0 Å². The number of ether oxygens (including phenoxy) is 2. The van der Waals surface area contributed by atoms with Crippen LogP contribution in [0.15, 0.2) is 5.38 Å². The zero-order chi connectivity index (χ0) is 18.9. The number of carbonyl (C=O) groups is 1. The summed E-state index contributed by atoms with van der Waals surface area (Å²) in [7, 11) is 0. The number of amides is 1. The molecule has 0 radical (unpaired) electrons. The third-order valence-electron chi connectivity index (χ3n) is 6.62. The number of nitrogens with one attached hydrogen (secondary N) is 1. The van der Waals surface area contributed by atoms with Crippen LogP contribution in [0.3, 0.4) is 0 Å². The molecular weight excluding hydrogens is 392 g/mol. The Morgan fingerprint density at radius 2 is 1.79 bits per heavy atom. The Kier molecular flexibility index (Phi) is 5.98. The van der Waals surface area contributed by atoms with Gasteiger partial charge in [0.05, 0.1) is 36.3 Å². The fraction of sp³-hybridized carbons (Fsp3) is 0.762. The first-order chi connectivity index (χ1) is 13.8. The van der Waals surface area contributed by atoms with E-state index < -0.39 is 0 Å².